The third-order valence-electron chi connectivity index (χ3n) is 4.73. The molecular weight excluding hydrogens is 328 g/mol. The molecule has 1 saturated heterocycles. The largest absolute Gasteiger partial charge is 0.381 e. The lowest BCUT2D eigenvalue weighted by atomic mass is 10.00. The number of carbonyl (C=O) groups is 1. The van der Waals surface area contributed by atoms with Gasteiger partial charge in [-0.1, -0.05) is 17.7 Å². The first-order chi connectivity index (χ1) is 11.7. The average Bonchev–Trinajstić information content (AvgIpc) is 3.23. The fourth-order valence-corrected chi connectivity index (χ4v) is 3.68. The lowest BCUT2D eigenvalue weighted by molar-refractivity contribution is -0.118. The van der Waals surface area contributed by atoms with Crippen molar-refractivity contribution in [1.29, 1.82) is 0 Å². The van der Waals surface area contributed by atoms with E-state index in [4.69, 9.17) is 16.3 Å². The second-order valence-corrected chi connectivity index (χ2v) is 6.64. The number of anilines is 1. The van der Waals surface area contributed by atoms with E-state index in [9.17, 15) is 4.79 Å². The van der Waals surface area contributed by atoms with Crippen molar-refractivity contribution in [3.63, 3.8) is 0 Å². The van der Waals surface area contributed by atoms with Gasteiger partial charge in [0, 0.05) is 36.4 Å². The fourth-order valence-electron chi connectivity index (χ4n) is 3.42. The van der Waals surface area contributed by atoms with Gasteiger partial charge in [0.05, 0.1) is 6.42 Å². The number of amides is 1. The van der Waals surface area contributed by atoms with E-state index in [0.717, 1.165) is 54.6 Å². The van der Waals surface area contributed by atoms with Crippen molar-refractivity contribution in [3.05, 3.63) is 40.4 Å². The number of halogens is 1. The van der Waals surface area contributed by atoms with E-state index < -0.39 is 0 Å². The standard InChI is InChI=1S/C17H19ClN4O2/c18-13-2-1-3-14-12(13)4-7-22(14)16(23)10-15-19-17(21-20-15)11-5-8-24-9-6-11/h1-3,11H,4-10H2,(H,19,20,21). The molecule has 2 aliphatic rings. The minimum absolute atomic E-state index is 0.0192. The summed E-state index contributed by atoms with van der Waals surface area (Å²) in [6, 6.07) is 5.69. The molecule has 0 atom stereocenters. The normalized spacial score (nSPS) is 18.0. The van der Waals surface area contributed by atoms with Crippen molar-refractivity contribution < 1.29 is 9.53 Å². The first kappa shape index (κ1) is 15.6. The number of hydrogen-bond acceptors (Lipinski definition) is 4. The first-order valence-corrected chi connectivity index (χ1v) is 8.67. The smallest absolute Gasteiger partial charge is 0.234 e. The molecule has 0 radical (unpaired) electrons. The van der Waals surface area contributed by atoms with Gasteiger partial charge < -0.3 is 9.64 Å². The zero-order valence-corrected chi connectivity index (χ0v) is 14.1. The Balaban J connectivity index is 1.46. The van der Waals surface area contributed by atoms with E-state index in [2.05, 4.69) is 15.2 Å². The number of rotatable bonds is 3. The van der Waals surface area contributed by atoms with Crippen LogP contribution < -0.4 is 4.90 Å². The summed E-state index contributed by atoms with van der Waals surface area (Å²) in [5.41, 5.74) is 1.96. The van der Waals surface area contributed by atoms with E-state index in [-0.39, 0.29) is 12.3 Å². The van der Waals surface area contributed by atoms with Crippen molar-refractivity contribution in [2.75, 3.05) is 24.7 Å². The lowest BCUT2D eigenvalue weighted by Crippen LogP contribution is -2.30. The predicted molar refractivity (Wildman–Crippen MR) is 90.4 cm³/mol. The van der Waals surface area contributed by atoms with Crippen molar-refractivity contribution in [2.24, 2.45) is 0 Å². The second kappa shape index (κ2) is 6.53. The van der Waals surface area contributed by atoms with Crippen LogP contribution in [0.5, 0.6) is 0 Å². The summed E-state index contributed by atoms with van der Waals surface area (Å²) in [5, 5.41) is 7.94. The quantitative estimate of drug-likeness (QED) is 0.926. The molecule has 0 spiro atoms. The van der Waals surface area contributed by atoms with Crippen molar-refractivity contribution in [2.45, 2.75) is 31.6 Å². The molecule has 1 aromatic heterocycles. The minimum atomic E-state index is 0.0192. The van der Waals surface area contributed by atoms with Crippen LogP contribution in [0.4, 0.5) is 5.69 Å². The Labute approximate surface area is 145 Å². The van der Waals surface area contributed by atoms with E-state index in [1.54, 1.807) is 4.90 Å². The van der Waals surface area contributed by atoms with Crippen LogP contribution in [0.15, 0.2) is 18.2 Å². The monoisotopic (exact) mass is 346 g/mol. The number of benzene rings is 1. The van der Waals surface area contributed by atoms with E-state index in [1.807, 2.05) is 18.2 Å². The highest BCUT2D eigenvalue weighted by molar-refractivity contribution is 6.32. The van der Waals surface area contributed by atoms with Gasteiger partial charge in [0.25, 0.3) is 0 Å². The summed E-state index contributed by atoms with van der Waals surface area (Å²) in [7, 11) is 0. The molecule has 6 nitrogen and oxygen atoms in total. The molecule has 1 aromatic carbocycles. The van der Waals surface area contributed by atoms with Crippen LogP contribution in [0.1, 0.15) is 36.0 Å². The molecule has 2 aromatic rings. The van der Waals surface area contributed by atoms with Crippen LogP contribution in [-0.4, -0.2) is 40.8 Å². The molecule has 0 unspecified atom stereocenters. The molecule has 4 rings (SSSR count). The summed E-state index contributed by atoms with van der Waals surface area (Å²) >= 11 is 6.21. The molecule has 1 amide bonds. The van der Waals surface area contributed by atoms with Crippen LogP contribution >= 0.6 is 11.6 Å². The molecule has 7 heteroatoms. The molecule has 0 saturated carbocycles. The van der Waals surface area contributed by atoms with Gasteiger partial charge in [-0.15, -0.1) is 0 Å². The maximum atomic E-state index is 12.6. The van der Waals surface area contributed by atoms with Crippen LogP contribution in [0.3, 0.4) is 0 Å². The Hall–Kier alpha value is -1.92. The number of nitrogens with zero attached hydrogens (tertiary/aromatic N) is 3. The first-order valence-electron chi connectivity index (χ1n) is 8.29. The highest BCUT2D eigenvalue weighted by atomic mass is 35.5. The van der Waals surface area contributed by atoms with Gasteiger partial charge in [-0.05, 0) is 37.0 Å². The van der Waals surface area contributed by atoms with Gasteiger partial charge in [0.15, 0.2) is 5.82 Å². The number of ether oxygens (including phenoxy) is 1. The zero-order chi connectivity index (χ0) is 16.5. The number of carbonyl (C=O) groups excluding carboxylic acids is 1. The van der Waals surface area contributed by atoms with Gasteiger partial charge in [-0.3, -0.25) is 9.89 Å². The molecule has 1 N–H and O–H groups in total. The Morgan fingerprint density at radius 1 is 1.38 bits per heavy atom. The summed E-state index contributed by atoms with van der Waals surface area (Å²) in [4.78, 5) is 19.0. The van der Waals surface area contributed by atoms with E-state index in [1.165, 1.54) is 0 Å². The van der Waals surface area contributed by atoms with Crippen LogP contribution in [0.2, 0.25) is 5.02 Å². The summed E-state index contributed by atoms with van der Waals surface area (Å²) in [6.07, 6.45) is 2.89. The number of aromatic nitrogens is 3. The van der Waals surface area contributed by atoms with Crippen molar-refractivity contribution in [3.8, 4) is 0 Å². The van der Waals surface area contributed by atoms with Gasteiger partial charge >= 0.3 is 0 Å². The van der Waals surface area contributed by atoms with Gasteiger partial charge in [-0.25, -0.2) is 4.98 Å². The summed E-state index contributed by atoms with van der Waals surface area (Å²) in [5.74, 6) is 1.76. The molecule has 1 fully saturated rings. The van der Waals surface area contributed by atoms with Crippen LogP contribution in [0, 0.1) is 0 Å². The number of nitrogens with one attached hydrogen (secondary N) is 1. The molecule has 0 bridgehead atoms. The van der Waals surface area contributed by atoms with Gasteiger partial charge in [0.2, 0.25) is 5.91 Å². The minimum Gasteiger partial charge on any atom is -0.381 e. The number of aromatic amines is 1. The Bertz CT molecular complexity index is 755. The van der Waals surface area contributed by atoms with E-state index in [0.29, 0.717) is 18.3 Å². The average molecular weight is 347 g/mol. The molecule has 2 aliphatic heterocycles. The highest BCUT2D eigenvalue weighted by Crippen LogP contribution is 2.33. The Morgan fingerprint density at radius 3 is 3.04 bits per heavy atom. The van der Waals surface area contributed by atoms with Crippen molar-refractivity contribution in [1.82, 2.24) is 15.2 Å². The third kappa shape index (κ3) is 2.91. The van der Waals surface area contributed by atoms with E-state index >= 15 is 0 Å². The predicted octanol–water partition coefficient (Wildman–Crippen LogP) is 2.48. The molecule has 3 heterocycles. The lowest BCUT2D eigenvalue weighted by Gasteiger charge is -2.18. The topological polar surface area (TPSA) is 71.1 Å². The van der Waals surface area contributed by atoms with Gasteiger partial charge in [-0.2, -0.15) is 5.10 Å². The maximum absolute atomic E-state index is 12.6. The summed E-state index contributed by atoms with van der Waals surface area (Å²) < 4.78 is 5.37. The Kier molecular flexibility index (Phi) is 4.24. The molecule has 24 heavy (non-hydrogen) atoms. The van der Waals surface area contributed by atoms with Crippen molar-refractivity contribution >= 4 is 23.2 Å². The Morgan fingerprint density at radius 2 is 2.21 bits per heavy atom. The van der Waals surface area contributed by atoms with Gasteiger partial charge in [0.1, 0.15) is 5.82 Å². The molecule has 126 valence electrons. The number of H-pyrrole nitrogens is 1. The van der Waals surface area contributed by atoms with Crippen LogP contribution in [-0.2, 0) is 22.4 Å². The number of fused-ring (bicyclic) bond motifs is 1. The highest BCUT2D eigenvalue weighted by Gasteiger charge is 2.27. The molecular formula is C17H19ClN4O2. The number of hydrogen-bond donors (Lipinski definition) is 1. The van der Waals surface area contributed by atoms with Crippen LogP contribution in [0.25, 0.3) is 0 Å². The third-order valence-corrected chi connectivity index (χ3v) is 5.08. The molecule has 0 aliphatic carbocycles. The summed E-state index contributed by atoms with van der Waals surface area (Å²) in [6.45, 7) is 2.16. The zero-order valence-electron chi connectivity index (χ0n) is 13.3. The maximum Gasteiger partial charge on any atom is 0.234 e. The fraction of sp³-hybridized carbons (Fsp3) is 0.471. The SMILES string of the molecule is O=C(Cc1nc(C2CCOCC2)n[nH]1)N1CCc2c(Cl)cccc21. The second-order valence-electron chi connectivity index (χ2n) is 6.24.